The molecule has 4 nitrogen and oxygen atoms in total. The number of methoxy groups -OCH3 is 1. The molecule has 0 aliphatic carbocycles. The van der Waals surface area contributed by atoms with E-state index in [1.54, 1.807) is 7.11 Å². The van der Waals surface area contributed by atoms with Crippen LogP contribution in [0.25, 0.3) is 0 Å². The van der Waals surface area contributed by atoms with Crippen molar-refractivity contribution in [3.63, 3.8) is 0 Å². The number of hydrogen-bond donors (Lipinski definition) is 3. The third-order valence-electron chi connectivity index (χ3n) is 2.26. The molecule has 0 bridgehead atoms. The van der Waals surface area contributed by atoms with Crippen molar-refractivity contribution in [2.75, 3.05) is 40.0 Å². The molecule has 0 aliphatic heterocycles. The van der Waals surface area contributed by atoms with Gasteiger partial charge < -0.3 is 20.5 Å². The molecule has 0 amide bonds. The molecule has 0 spiro atoms. The van der Waals surface area contributed by atoms with Gasteiger partial charge in [0.15, 0.2) is 0 Å². The molecule has 0 saturated carbocycles. The molecule has 0 fully saturated rings. The van der Waals surface area contributed by atoms with Crippen LogP contribution in [0.1, 0.15) is 26.2 Å². The lowest BCUT2D eigenvalue weighted by molar-refractivity contribution is 0.198. The van der Waals surface area contributed by atoms with Crippen molar-refractivity contribution in [1.29, 1.82) is 0 Å². The second-order valence-corrected chi connectivity index (χ2v) is 3.84. The molecule has 0 aromatic heterocycles. The second kappa shape index (κ2) is 11.9. The summed E-state index contributed by atoms with van der Waals surface area (Å²) in [5, 5.41) is 15.3. The van der Waals surface area contributed by atoms with Crippen LogP contribution < -0.4 is 10.6 Å². The van der Waals surface area contributed by atoms with E-state index in [0.29, 0.717) is 12.6 Å². The molecule has 15 heavy (non-hydrogen) atoms. The summed E-state index contributed by atoms with van der Waals surface area (Å²) in [4.78, 5) is 0. The second-order valence-electron chi connectivity index (χ2n) is 3.84. The van der Waals surface area contributed by atoms with E-state index < -0.39 is 0 Å². The standard InChI is InChI=1S/C11H26N2O2/c1-11(10-12-7-9-15-2)13-6-4-3-5-8-14/h11-14H,3-10H2,1-2H3. The maximum Gasteiger partial charge on any atom is 0.0587 e. The maximum absolute atomic E-state index is 8.60. The Labute approximate surface area is 93.4 Å². The SMILES string of the molecule is COCCNCC(C)NCCCCCO. The summed E-state index contributed by atoms with van der Waals surface area (Å²) in [7, 11) is 1.71. The highest BCUT2D eigenvalue weighted by atomic mass is 16.5. The molecular formula is C11H26N2O2. The van der Waals surface area contributed by atoms with Crippen molar-refractivity contribution in [1.82, 2.24) is 10.6 Å². The first-order valence-corrected chi connectivity index (χ1v) is 5.85. The van der Waals surface area contributed by atoms with Gasteiger partial charge in [-0.2, -0.15) is 0 Å². The van der Waals surface area contributed by atoms with E-state index >= 15 is 0 Å². The molecule has 92 valence electrons. The highest BCUT2D eigenvalue weighted by molar-refractivity contribution is 4.63. The molecule has 4 heteroatoms. The Morgan fingerprint density at radius 2 is 2.00 bits per heavy atom. The number of ether oxygens (including phenoxy) is 1. The molecule has 0 aromatic carbocycles. The summed E-state index contributed by atoms with van der Waals surface area (Å²) in [6.07, 6.45) is 3.17. The fourth-order valence-corrected chi connectivity index (χ4v) is 1.33. The average molecular weight is 218 g/mol. The van der Waals surface area contributed by atoms with E-state index in [0.717, 1.165) is 45.5 Å². The predicted octanol–water partition coefficient (Wildman–Crippen LogP) is 0.363. The van der Waals surface area contributed by atoms with Crippen LogP contribution in [-0.4, -0.2) is 51.1 Å². The number of hydrogen-bond acceptors (Lipinski definition) is 4. The minimum absolute atomic E-state index is 0.314. The van der Waals surface area contributed by atoms with E-state index in [-0.39, 0.29) is 0 Å². The van der Waals surface area contributed by atoms with Crippen molar-refractivity contribution in [3.05, 3.63) is 0 Å². The van der Waals surface area contributed by atoms with E-state index in [2.05, 4.69) is 17.6 Å². The summed E-state index contributed by atoms with van der Waals surface area (Å²) < 4.78 is 4.94. The average Bonchev–Trinajstić information content (AvgIpc) is 2.24. The van der Waals surface area contributed by atoms with Gasteiger partial charge in [0, 0.05) is 32.8 Å². The third kappa shape index (κ3) is 11.8. The van der Waals surface area contributed by atoms with E-state index in [1.807, 2.05) is 0 Å². The van der Waals surface area contributed by atoms with Crippen molar-refractivity contribution >= 4 is 0 Å². The van der Waals surface area contributed by atoms with Gasteiger partial charge in [0.2, 0.25) is 0 Å². The number of nitrogens with one attached hydrogen (secondary N) is 2. The lowest BCUT2D eigenvalue weighted by atomic mass is 10.2. The quantitative estimate of drug-likeness (QED) is 0.438. The number of aliphatic hydroxyl groups is 1. The molecule has 1 atom stereocenters. The van der Waals surface area contributed by atoms with Gasteiger partial charge in [0.25, 0.3) is 0 Å². The summed E-state index contributed by atoms with van der Waals surface area (Å²) in [6.45, 7) is 6.17. The van der Waals surface area contributed by atoms with Gasteiger partial charge in [0.1, 0.15) is 0 Å². The Kier molecular flexibility index (Phi) is 11.8. The van der Waals surface area contributed by atoms with Crippen LogP contribution >= 0.6 is 0 Å². The molecule has 0 rings (SSSR count). The summed E-state index contributed by atoms with van der Waals surface area (Å²) >= 11 is 0. The molecule has 0 heterocycles. The topological polar surface area (TPSA) is 53.5 Å². The first-order valence-electron chi connectivity index (χ1n) is 5.85. The van der Waals surface area contributed by atoms with Crippen molar-refractivity contribution in [2.45, 2.75) is 32.2 Å². The van der Waals surface area contributed by atoms with Gasteiger partial charge in [-0.1, -0.05) is 0 Å². The smallest absolute Gasteiger partial charge is 0.0587 e. The lowest BCUT2D eigenvalue weighted by Crippen LogP contribution is -2.37. The van der Waals surface area contributed by atoms with Gasteiger partial charge in [0.05, 0.1) is 6.61 Å². The molecular weight excluding hydrogens is 192 g/mol. The van der Waals surface area contributed by atoms with Crippen LogP contribution in [0.3, 0.4) is 0 Å². The van der Waals surface area contributed by atoms with E-state index in [9.17, 15) is 0 Å². The maximum atomic E-state index is 8.60. The van der Waals surface area contributed by atoms with Crippen molar-refractivity contribution < 1.29 is 9.84 Å². The minimum Gasteiger partial charge on any atom is -0.396 e. The zero-order valence-corrected chi connectivity index (χ0v) is 10.1. The van der Waals surface area contributed by atoms with Gasteiger partial charge in [-0.05, 0) is 32.7 Å². The van der Waals surface area contributed by atoms with Gasteiger partial charge in [-0.25, -0.2) is 0 Å². The van der Waals surface area contributed by atoms with Gasteiger partial charge in [-0.3, -0.25) is 0 Å². The summed E-state index contributed by atoms with van der Waals surface area (Å²) in [6, 6.07) is 0.496. The summed E-state index contributed by atoms with van der Waals surface area (Å²) in [5.74, 6) is 0. The van der Waals surface area contributed by atoms with E-state index in [1.165, 1.54) is 0 Å². The third-order valence-corrected chi connectivity index (χ3v) is 2.26. The summed E-state index contributed by atoms with van der Waals surface area (Å²) in [5.41, 5.74) is 0. The predicted molar refractivity (Wildman–Crippen MR) is 63.1 cm³/mol. The molecule has 1 unspecified atom stereocenters. The highest BCUT2D eigenvalue weighted by Crippen LogP contribution is 1.92. The normalized spacial score (nSPS) is 13.0. The lowest BCUT2D eigenvalue weighted by Gasteiger charge is -2.14. The number of aliphatic hydroxyl groups excluding tert-OH is 1. The zero-order valence-electron chi connectivity index (χ0n) is 10.1. The Bertz CT molecular complexity index is 123. The van der Waals surface area contributed by atoms with Crippen molar-refractivity contribution in [2.24, 2.45) is 0 Å². The molecule has 0 aromatic rings. The zero-order chi connectivity index (χ0) is 11.4. The first-order chi connectivity index (χ1) is 7.31. The van der Waals surface area contributed by atoms with Crippen LogP contribution in [0.4, 0.5) is 0 Å². The van der Waals surface area contributed by atoms with Gasteiger partial charge in [-0.15, -0.1) is 0 Å². The highest BCUT2D eigenvalue weighted by Gasteiger charge is 1.99. The number of rotatable bonds is 11. The molecule has 0 saturated heterocycles. The van der Waals surface area contributed by atoms with Crippen LogP contribution in [0.15, 0.2) is 0 Å². The van der Waals surface area contributed by atoms with Crippen LogP contribution in [-0.2, 0) is 4.74 Å². The number of unbranched alkanes of at least 4 members (excludes halogenated alkanes) is 2. The van der Waals surface area contributed by atoms with Crippen molar-refractivity contribution in [3.8, 4) is 0 Å². The Morgan fingerprint density at radius 3 is 2.67 bits per heavy atom. The first kappa shape index (κ1) is 14.8. The molecule has 0 radical (unpaired) electrons. The van der Waals surface area contributed by atoms with E-state index in [4.69, 9.17) is 9.84 Å². The fourth-order valence-electron chi connectivity index (χ4n) is 1.33. The largest absolute Gasteiger partial charge is 0.396 e. The minimum atomic E-state index is 0.314. The molecule has 3 N–H and O–H groups in total. The van der Waals surface area contributed by atoms with Gasteiger partial charge >= 0.3 is 0 Å². The Balaban J connectivity index is 3.08. The van der Waals surface area contributed by atoms with Crippen LogP contribution in [0, 0.1) is 0 Å². The monoisotopic (exact) mass is 218 g/mol. The van der Waals surface area contributed by atoms with Crippen LogP contribution in [0.5, 0.6) is 0 Å². The Morgan fingerprint density at radius 1 is 1.20 bits per heavy atom. The molecule has 0 aliphatic rings. The Hall–Kier alpha value is -0.160. The fraction of sp³-hybridized carbons (Fsp3) is 1.00. The van der Waals surface area contributed by atoms with Crippen LogP contribution in [0.2, 0.25) is 0 Å².